The summed E-state index contributed by atoms with van der Waals surface area (Å²) in [5, 5.41) is 0. The third-order valence-corrected chi connectivity index (χ3v) is 4.19. The smallest absolute Gasteiger partial charge is 0.0283 e. The largest absolute Gasteiger partial charge is 0.126 e. The number of hydrogen-bond acceptors (Lipinski definition) is 0. The van der Waals surface area contributed by atoms with E-state index >= 15 is 0 Å². The van der Waals surface area contributed by atoms with Crippen molar-refractivity contribution in [1.82, 2.24) is 0 Å². The SMILES string of the molecule is ClCC1(Cc2ccccc2)CCCCC1. The van der Waals surface area contributed by atoms with Crippen molar-refractivity contribution in [3.05, 3.63) is 35.9 Å². The molecule has 82 valence electrons. The van der Waals surface area contributed by atoms with Gasteiger partial charge in [-0.1, -0.05) is 49.6 Å². The molecule has 1 aromatic carbocycles. The Morgan fingerprint density at radius 3 is 2.27 bits per heavy atom. The van der Waals surface area contributed by atoms with Gasteiger partial charge >= 0.3 is 0 Å². The van der Waals surface area contributed by atoms with Crippen molar-refractivity contribution in [2.24, 2.45) is 5.41 Å². The summed E-state index contributed by atoms with van der Waals surface area (Å²) < 4.78 is 0. The van der Waals surface area contributed by atoms with Gasteiger partial charge in [0.05, 0.1) is 0 Å². The van der Waals surface area contributed by atoms with E-state index < -0.39 is 0 Å². The van der Waals surface area contributed by atoms with Crippen LogP contribution in [0.25, 0.3) is 0 Å². The van der Waals surface area contributed by atoms with E-state index in [0.29, 0.717) is 5.41 Å². The summed E-state index contributed by atoms with van der Waals surface area (Å²) in [4.78, 5) is 0. The van der Waals surface area contributed by atoms with Crippen molar-refractivity contribution in [2.45, 2.75) is 38.5 Å². The molecule has 1 aromatic rings. The molecule has 0 aliphatic heterocycles. The van der Waals surface area contributed by atoms with Gasteiger partial charge in [0.25, 0.3) is 0 Å². The molecule has 0 aromatic heterocycles. The average Bonchev–Trinajstić information content (AvgIpc) is 2.32. The predicted octanol–water partition coefficient (Wildman–Crippen LogP) is 4.42. The fourth-order valence-corrected chi connectivity index (χ4v) is 3.05. The van der Waals surface area contributed by atoms with Gasteiger partial charge in [-0.05, 0) is 30.2 Å². The first-order chi connectivity index (χ1) is 7.35. The van der Waals surface area contributed by atoms with Crippen molar-refractivity contribution >= 4 is 11.6 Å². The minimum Gasteiger partial charge on any atom is -0.126 e. The molecule has 0 amide bonds. The fraction of sp³-hybridized carbons (Fsp3) is 0.571. The van der Waals surface area contributed by atoms with E-state index in [2.05, 4.69) is 30.3 Å². The van der Waals surface area contributed by atoms with E-state index in [1.54, 1.807) is 0 Å². The summed E-state index contributed by atoms with van der Waals surface area (Å²) in [5.74, 6) is 0.821. The molecule has 0 atom stereocenters. The third kappa shape index (κ3) is 2.75. The van der Waals surface area contributed by atoms with Gasteiger partial charge in [-0.25, -0.2) is 0 Å². The Labute approximate surface area is 97.6 Å². The van der Waals surface area contributed by atoms with Crippen LogP contribution in [-0.4, -0.2) is 5.88 Å². The molecule has 0 bridgehead atoms. The monoisotopic (exact) mass is 222 g/mol. The maximum atomic E-state index is 6.19. The molecule has 1 saturated carbocycles. The predicted molar refractivity (Wildman–Crippen MR) is 66.4 cm³/mol. The van der Waals surface area contributed by atoms with Gasteiger partial charge < -0.3 is 0 Å². The second kappa shape index (κ2) is 5.03. The topological polar surface area (TPSA) is 0 Å². The van der Waals surface area contributed by atoms with Crippen molar-refractivity contribution < 1.29 is 0 Å². The second-order valence-corrected chi connectivity index (χ2v) is 5.12. The lowest BCUT2D eigenvalue weighted by Crippen LogP contribution is -2.28. The summed E-state index contributed by atoms with van der Waals surface area (Å²) in [6.07, 6.45) is 7.90. The third-order valence-electron chi connectivity index (χ3n) is 3.62. The molecular formula is C14H19Cl. The molecule has 2 rings (SSSR count). The first kappa shape index (κ1) is 11.0. The Kier molecular flexibility index (Phi) is 3.69. The molecule has 0 heterocycles. The van der Waals surface area contributed by atoms with Crippen molar-refractivity contribution in [2.75, 3.05) is 5.88 Å². The van der Waals surface area contributed by atoms with Gasteiger partial charge in [0, 0.05) is 5.88 Å². The van der Waals surface area contributed by atoms with E-state index in [4.69, 9.17) is 11.6 Å². The van der Waals surface area contributed by atoms with Crippen LogP contribution in [0.2, 0.25) is 0 Å². The van der Waals surface area contributed by atoms with Crippen LogP contribution < -0.4 is 0 Å². The second-order valence-electron chi connectivity index (χ2n) is 4.86. The molecule has 0 radical (unpaired) electrons. The molecule has 0 N–H and O–H groups in total. The summed E-state index contributed by atoms with van der Waals surface area (Å²) in [5.41, 5.74) is 1.83. The van der Waals surface area contributed by atoms with Crippen LogP contribution in [0.1, 0.15) is 37.7 Å². The van der Waals surface area contributed by atoms with Gasteiger partial charge in [0.2, 0.25) is 0 Å². The summed E-state index contributed by atoms with van der Waals surface area (Å²) in [6, 6.07) is 10.8. The van der Waals surface area contributed by atoms with E-state index in [-0.39, 0.29) is 0 Å². The first-order valence-electron chi connectivity index (χ1n) is 5.95. The molecule has 0 unspecified atom stereocenters. The number of halogens is 1. The van der Waals surface area contributed by atoms with E-state index in [9.17, 15) is 0 Å². The van der Waals surface area contributed by atoms with Crippen LogP contribution >= 0.6 is 11.6 Å². The standard InChI is InChI=1S/C14H19Cl/c15-12-14(9-5-2-6-10-14)11-13-7-3-1-4-8-13/h1,3-4,7-8H,2,5-6,9-12H2. The van der Waals surface area contributed by atoms with Crippen LogP contribution in [0.3, 0.4) is 0 Å². The minimum absolute atomic E-state index is 0.390. The summed E-state index contributed by atoms with van der Waals surface area (Å²) in [7, 11) is 0. The van der Waals surface area contributed by atoms with Crippen LogP contribution in [-0.2, 0) is 6.42 Å². The highest BCUT2D eigenvalue weighted by molar-refractivity contribution is 6.18. The Morgan fingerprint density at radius 1 is 1.00 bits per heavy atom. The van der Waals surface area contributed by atoms with Gasteiger partial charge in [-0.3, -0.25) is 0 Å². The summed E-state index contributed by atoms with van der Waals surface area (Å²) >= 11 is 6.19. The molecule has 1 aliphatic carbocycles. The molecule has 0 saturated heterocycles. The number of benzene rings is 1. The Bertz CT molecular complexity index is 285. The quantitative estimate of drug-likeness (QED) is 0.665. The van der Waals surface area contributed by atoms with Gasteiger partial charge in [-0.15, -0.1) is 11.6 Å². The zero-order valence-electron chi connectivity index (χ0n) is 9.21. The molecule has 1 aliphatic rings. The number of hydrogen-bond donors (Lipinski definition) is 0. The van der Waals surface area contributed by atoms with Gasteiger partial charge in [0.15, 0.2) is 0 Å². The van der Waals surface area contributed by atoms with Crippen molar-refractivity contribution in [1.29, 1.82) is 0 Å². The minimum atomic E-state index is 0.390. The van der Waals surface area contributed by atoms with Crippen LogP contribution in [0.5, 0.6) is 0 Å². The van der Waals surface area contributed by atoms with E-state index in [0.717, 1.165) is 12.3 Å². The average molecular weight is 223 g/mol. The molecular weight excluding hydrogens is 204 g/mol. The maximum absolute atomic E-state index is 6.19. The van der Waals surface area contributed by atoms with Gasteiger partial charge in [-0.2, -0.15) is 0 Å². The number of alkyl halides is 1. The Balaban J connectivity index is 2.07. The van der Waals surface area contributed by atoms with Crippen LogP contribution in [0.15, 0.2) is 30.3 Å². The molecule has 1 heteroatoms. The van der Waals surface area contributed by atoms with Crippen LogP contribution in [0, 0.1) is 5.41 Å². The van der Waals surface area contributed by atoms with Gasteiger partial charge in [0.1, 0.15) is 0 Å². The lowest BCUT2D eigenvalue weighted by molar-refractivity contribution is 0.219. The number of rotatable bonds is 3. The van der Waals surface area contributed by atoms with E-state index in [1.807, 2.05) is 0 Å². The maximum Gasteiger partial charge on any atom is 0.0283 e. The van der Waals surface area contributed by atoms with Crippen LogP contribution in [0.4, 0.5) is 0 Å². The first-order valence-corrected chi connectivity index (χ1v) is 6.48. The van der Waals surface area contributed by atoms with Crippen molar-refractivity contribution in [3.8, 4) is 0 Å². The highest BCUT2D eigenvalue weighted by Crippen LogP contribution is 2.40. The Hall–Kier alpha value is -0.490. The normalized spacial score (nSPS) is 20.1. The zero-order chi connectivity index (χ0) is 10.6. The van der Waals surface area contributed by atoms with Crippen molar-refractivity contribution in [3.63, 3.8) is 0 Å². The highest BCUT2D eigenvalue weighted by Gasteiger charge is 2.31. The zero-order valence-corrected chi connectivity index (χ0v) is 9.97. The lowest BCUT2D eigenvalue weighted by atomic mass is 9.72. The molecule has 15 heavy (non-hydrogen) atoms. The highest BCUT2D eigenvalue weighted by atomic mass is 35.5. The van der Waals surface area contributed by atoms with E-state index in [1.165, 1.54) is 37.7 Å². The molecule has 0 nitrogen and oxygen atoms in total. The molecule has 1 fully saturated rings. The lowest BCUT2D eigenvalue weighted by Gasteiger charge is -2.35. The molecule has 0 spiro atoms. The summed E-state index contributed by atoms with van der Waals surface area (Å²) in [6.45, 7) is 0. The Morgan fingerprint density at radius 2 is 1.67 bits per heavy atom. The fourth-order valence-electron chi connectivity index (χ4n) is 2.69.